The summed E-state index contributed by atoms with van der Waals surface area (Å²) in [7, 11) is 0. The van der Waals surface area contributed by atoms with Crippen molar-refractivity contribution >= 4 is 11.6 Å². The van der Waals surface area contributed by atoms with Crippen LogP contribution in [-0.2, 0) is 6.54 Å². The molecule has 0 aliphatic rings. The molecule has 1 aromatic heterocycles. The summed E-state index contributed by atoms with van der Waals surface area (Å²) >= 11 is 5.94. The number of rotatable bonds is 4. The monoisotopic (exact) mass is 277 g/mol. The first-order chi connectivity index (χ1) is 9.04. The second-order valence-electron chi connectivity index (χ2n) is 4.63. The number of hydrogen-bond donors (Lipinski definition) is 2. The van der Waals surface area contributed by atoms with Crippen molar-refractivity contribution in [3.05, 3.63) is 51.4 Å². The lowest BCUT2D eigenvalue weighted by Gasteiger charge is -2.08. The number of H-pyrrole nitrogens is 1. The van der Waals surface area contributed by atoms with Gasteiger partial charge in [-0.3, -0.25) is 4.79 Å². The lowest BCUT2D eigenvalue weighted by atomic mass is 10.2. The molecule has 0 aliphatic carbocycles. The third-order valence-corrected chi connectivity index (χ3v) is 2.82. The zero-order chi connectivity index (χ0) is 13.8. The zero-order valence-corrected chi connectivity index (χ0v) is 11.7. The minimum Gasteiger partial charge on any atom is -0.309 e. The highest BCUT2D eigenvalue weighted by Crippen LogP contribution is 2.18. The molecule has 0 aliphatic heterocycles. The van der Waals surface area contributed by atoms with Crippen LogP contribution in [0.25, 0.3) is 11.4 Å². The van der Waals surface area contributed by atoms with Crippen molar-refractivity contribution in [1.82, 2.24) is 15.3 Å². The van der Waals surface area contributed by atoms with Crippen molar-refractivity contribution in [2.45, 2.75) is 26.4 Å². The minimum atomic E-state index is -0.162. The number of benzene rings is 1. The average molecular weight is 278 g/mol. The molecule has 5 heteroatoms. The molecule has 0 bridgehead atoms. The summed E-state index contributed by atoms with van der Waals surface area (Å²) in [5.74, 6) is 0.538. The molecule has 2 rings (SSSR count). The topological polar surface area (TPSA) is 57.8 Å². The minimum absolute atomic E-state index is 0.162. The summed E-state index contributed by atoms with van der Waals surface area (Å²) in [6.07, 6.45) is 0. The zero-order valence-electron chi connectivity index (χ0n) is 10.9. The number of aromatic amines is 1. The SMILES string of the molecule is CC(C)NCc1cc(=O)[nH]c(-c2cccc(Cl)c2)n1. The lowest BCUT2D eigenvalue weighted by Crippen LogP contribution is -2.24. The fourth-order valence-electron chi connectivity index (χ4n) is 1.68. The second-order valence-corrected chi connectivity index (χ2v) is 5.07. The molecule has 100 valence electrons. The highest BCUT2D eigenvalue weighted by molar-refractivity contribution is 6.30. The van der Waals surface area contributed by atoms with Gasteiger partial charge in [-0.05, 0) is 12.1 Å². The van der Waals surface area contributed by atoms with Gasteiger partial charge in [-0.1, -0.05) is 37.6 Å². The van der Waals surface area contributed by atoms with Gasteiger partial charge in [-0.25, -0.2) is 4.98 Å². The van der Waals surface area contributed by atoms with Crippen LogP contribution in [0.3, 0.4) is 0 Å². The number of halogens is 1. The van der Waals surface area contributed by atoms with E-state index >= 15 is 0 Å². The van der Waals surface area contributed by atoms with Crippen LogP contribution in [0.2, 0.25) is 5.02 Å². The van der Waals surface area contributed by atoms with E-state index in [1.165, 1.54) is 6.07 Å². The molecule has 0 radical (unpaired) electrons. The number of nitrogens with zero attached hydrogens (tertiary/aromatic N) is 1. The molecule has 2 N–H and O–H groups in total. The normalized spacial score (nSPS) is 10.9. The van der Waals surface area contributed by atoms with E-state index in [2.05, 4.69) is 15.3 Å². The van der Waals surface area contributed by atoms with E-state index in [1.54, 1.807) is 12.1 Å². The third kappa shape index (κ3) is 3.91. The van der Waals surface area contributed by atoms with Gasteiger partial charge in [0.1, 0.15) is 5.82 Å². The first kappa shape index (κ1) is 13.8. The summed E-state index contributed by atoms with van der Waals surface area (Å²) in [5, 5.41) is 3.85. The molecule has 0 spiro atoms. The molecule has 0 amide bonds. The first-order valence-electron chi connectivity index (χ1n) is 6.14. The van der Waals surface area contributed by atoms with Gasteiger partial charge in [0.15, 0.2) is 0 Å². The van der Waals surface area contributed by atoms with Crippen LogP contribution in [0.5, 0.6) is 0 Å². The highest BCUT2D eigenvalue weighted by Gasteiger charge is 2.05. The summed E-state index contributed by atoms with van der Waals surface area (Å²) < 4.78 is 0. The van der Waals surface area contributed by atoms with E-state index in [-0.39, 0.29) is 5.56 Å². The van der Waals surface area contributed by atoms with Crippen LogP contribution in [0.1, 0.15) is 19.5 Å². The Hall–Kier alpha value is -1.65. The van der Waals surface area contributed by atoms with Gasteiger partial charge in [0.25, 0.3) is 5.56 Å². The van der Waals surface area contributed by atoms with Gasteiger partial charge in [-0.2, -0.15) is 0 Å². The molecule has 1 heterocycles. The van der Waals surface area contributed by atoms with Crippen molar-refractivity contribution in [3.63, 3.8) is 0 Å². The van der Waals surface area contributed by atoms with Gasteiger partial charge in [0.2, 0.25) is 0 Å². The quantitative estimate of drug-likeness (QED) is 0.903. The maximum Gasteiger partial charge on any atom is 0.251 e. The van der Waals surface area contributed by atoms with E-state index in [9.17, 15) is 4.79 Å². The number of nitrogens with one attached hydrogen (secondary N) is 2. The Morgan fingerprint density at radius 1 is 1.37 bits per heavy atom. The summed E-state index contributed by atoms with van der Waals surface area (Å²) in [6, 6.07) is 9.10. The van der Waals surface area contributed by atoms with Crippen LogP contribution in [-0.4, -0.2) is 16.0 Å². The number of aromatic nitrogens is 2. The fourth-order valence-corrected chi connectivity index (χ4v) is 1.87. The average Bonchev–Trinajstić information content (AvgIpc) is 2.36. The van der Waals surface area contributed by atoms with Crippen molar-refractivity contribution in [3.8, 4) is 11.4 Å². The van der Waals surface area contributed by atoms with Crippen molar-refractivity contribution in [2.24, 2.45) is 0 Å². The van der Waals surface area contributed by atoms with Crippen LogP contribution < -0.4 is 10.9 Å². The largest absolute Gasteiger partial charge is 0.309 e. The molecular weight excluding hydrogens is 262 g/mol. The second kappa shape index (κ2) is 5.99. The van der Waals surface area contributed by atoms with Crippen molar-refractivity contribution in [1.29, 1.82) is 0 Å². The molecular formula is C14H16ClN3O. The predicted octanol–water partition coefficient (Wildman–Crippen LogP) is 2.59. The van der Waals surface area contributed by atoms with Crippen molar-refractivity contribution < 1.29 is 0 Å². The smallest absolute Gasteiger partial charge is 0.251 e. The van der Waals surface area contributed by atoms with Gasteiger partial charge in [0.05, 0.1) is 5.69 Å². The van der Waals surface area contributed by atoms with E-state index in [0.717, 1.165) is 5.56 Å². The summed E-state index contributed by atoms with van der Waals surface area (Å²) in [6.45, 7) is 4.66. The Labute approximate surface area is 116 Å². The highest BCUT2D eigenvalue weighted by atomic mass is 35.5. The van der Waals surface area contributed by atoms with E-state index in [1.807, 2.05) is 26.0 Å². The molecule has 4 nitrogen and oxygen atoms in total. The Morgan fingerprint density at radius 2 is 2.16 bits per heavy atom. The molecule has 0 unspecified atom stereocenters. The van der Waals surface area contributed by atoms with Gasteiger partial charge in [0, 0.05) is 29.2 Å². The third-order valence-electron chi connectivity index (χ3n) is 2.58. The maximum atomic E-state index is 11.7. The van der Waals surface area contributed by atoms with E-state index in [0.29, 0.717) is 29.1 Å². The first-order valence-corrected chi connectivity index (χ1v) is 6.52. The molecule has 1 aromatic carbocycles. The van der Waals surface area contributed by atoms with E-state index in [4.69, 9.17) is 11.6 Å². The van der Waals surface area contributed by atoms with Crippen LogP contribution in [0.4, 0.5) is 0 Å². The number of hydrogen-bond acceptors (Lipinski definition) is 3. The van der Waals surface area contributed by atoms with Gasteiger partial charge in [-0.15, -0.1) is 0 Å². The molecule has 0 fully saturated rings. The van der Waals surface area contributed by atoms with Crippen LogP contribution in [0, 0.1) is 0 Å². The van der Waals surface area contributed by atoms with Gasteiger partial charge < -0.3 is 10.3 Å². The molecule has 19 heavy (non-hydrogen) atoms. The molecule has 0 atom stereocenters. The standard InChI is InChI=1S/C14H16ClN3O/c1-9(2)16-8-12-7-13(19)18-14(17-12)10-4-3-5-11(15)6-10/h3-7,9,16H,8H2,1-2H3,(H,17,18,19). The summed E-state index contributed by atoms with van der Waals surface area (Å²) in [4.78, 5) is 18.8. The Balaban J connectivity index is 2.33. The van der Waals surface area contributed by atoms with Crippen molar-refractivity contribution in [2.75, 3.05) is 0 Å². The Morgan fingerprint density at radius 3 is 2.84 bits per heavy atom. The molecule has 2 aromatic rings. The summed E-state index contributed by atoms with van der Waals surface area (Å²) in [5.41, 5.74) is 1.36. The van der Waals surface area contributed by atoms with E-state index < -0.39 is 0 Å². The Bertz CT molecular complexity index is 622. The van der Waals surface area contributed by atoms with Gasteiger partial charge >= 0.3 is 0 Å². The fraction of sp³-hybridized carbons (Fsp3) is 0.286. The molecule has 0 saturated carbocycles. The maximum absolute atomic E-state index is 11.7. The molecule has 0 saturated heterocycles. The van der Waals surface area contributed by atoms with Crippen LogP contribution in [0.15, 0.2) is 35.1 Å². The lowest BCUT2D eigenvalue weighted by molar-refractivity contribution is 0.580. The van der Waals surface area contributed by atoms with Crippen LogP contribution >= 0.6 is 11.6 Å². The predicted molar refractivity (Wildman–Crippen MR) is 77.3 cm³/mol. The Kier molecular flexibility index (Phi) is 4.35.